The lowest BCUT2D eigenvalue weighted by molar-refractivity contribution is -0.127. The normalized spacial score (nSPS) is 18.8. The van der Waals surface area contributed by atoms with Crippen LogP contribution >= 0.6 is 0 Å². The van der Waals surface area contributed by atoms with E-state index in [-0.39, 0.29) is 12.5 Å². The van der Waals surface area contributed by atoms with Crippen molar-refractivity contribution in [2.24, 2.45) is 0 Å². The van der Waals surface area contributed by atoms with E-state index in [0.717, 1.165) is 11.8 Å². The van der Waals surface area contributed by atoms with Crippen LogP contribution in [0.15, 0.2) is 18.2 Å². The van der Waals surface area contributed by atoms with Gasteiger partial charge >= 0.3 is 0 Å². The van der Waals surface area contributed by atoms with Crippen molar-refractivity contribution in [1.82, 2.24) is 5.32 Å². The van der Waals surface area contributed by atoms with Gasteiger partial charge < -0.3 is 10.1 Å². The molecule has 1 heterocycles. The average Bonchev–Trinajstić information content (AvgIpc) is 2.56. The second-order valence-corrected chi connectivity index (χ2v) is 6.72. The van der Waals surface area contributed by atoms with Gasteiger partial charge in [-0.05, 0) is 24.6 Å². The Morgan fingerprint density at radius 3 is 2.75 bits per heavy atom. The third-order valence-electron chi connectivity index (χ3n) is 3.19. The summed E-state index contributed by atoms with van der Waals surface area (Å²) in [6.45, 7) is 2.09. The Labute approximate surface area is 118 Å². The highest BCUT2D eigenvalue weighted by molar-refractivity contribution is 7.92. The fraction of sp³-hybridized carbons (Fsp3) is 0.462. The van der Waals surface area contributed by atoms with Gasteiger partial charge in [0.2, 0.25) is 10.0 Å². The van der Waals surface area contributed by atoms with Crippen LogP contribution < -0.4 is 14.4 Å². The molecule has 1 N–H and O–H groups in total. The third kappa shape index (κ3) is 2.87. The first-order chi connectivity index (χ1) is 9.32. The van der Waals surface area contributed by atoms with Crippen molar-refractivity contribution in [3.8, 4) is 5.75 Å². The molecule has 0 saturated heterocycles. The second-order valence-electron chi connectivity index (χ2n) is 4.82. The van der Waals surface area contributed by atoms with Crippen LogP contribution in [0.5, 0.6) is 5.75 Å². The summed E-state index contributed by atoms with van der Waals surface area (Å²) in [5, 5.41) is 2.53. The molecular weight excluding hydrogens is 280 g/mol. The molecule has 0 aliphatic carbocycles. The number of hydrogen-bond donors (Lipinski definition) is 1. The van der Waals surface area contributed by atoms with Crippen molar-refractivity contribution < 1.29 is 17.9 Å². The highest BCUT2D eigenvalue weighted by atomic mass is 32.2. The van der Waals surface area contributed by atoms with Crippen molar-refractivity contribution in [3.63, 3.8) is 0 Å². The predicted molar refractivity (Wildman–Crippen MR) is 76.5 cm³/mol. The van der Waals surface area contributed by atoms with E-state index in [2.05, 4.69) is 5.32 Å². The Morgan fingerprint density at radius 2 is 2.15 bits per heavy atom. The Hall–Kier alpha value is -1.76. The van der Waals surface area contributed by atoms with Crippen molar-refractivity contribution >= 4 is 21.6 Å². The quantitative estimate of drug-likeness (QED) is 0.870. The molecule has 0 aromatic heterocycles. The summed E-state index contributed by atoms with van der Waals surface area (Å²) in [5.74, 6) is 0.152. The molecule has 0 bridgehead atoms. The summed E-state index contributed by atoms with van der Waals surface area (Å²) in [4.78, 5) is 11.7. The molecule has 110 valence electrons. The molecule has 1 aliphatic rings. The number of hydrogen-bond acceptors (Lipinski definition) is 4. The summed E-state index contributed by atoms with van der Waals surface area (Å²) in [7, 11) is -1.88. The number of likely N-dealkylation sites (N-methyl/N-ethyl adjacent to an activating group) is 1. The van der Waals surface area contributed by atoms with E-state index in [1.807, 2.05) is 13.0 Å². The zero-order valence-electron chi connectivity index (χ0n) is 11.7. The number of nitrogens with zero attached hydrogens (tertiary/aromatic N) is 1. The van der Waals surface area contributed by atoms with Crippen LogP contribution in [0.4, 0.5) is 5.69 Å². The van der Waals surface area contributed by atoms with Crippen LogP contribution in [0.3, 0.4) is 0 Å². The fourth-order valence-corrected chi connectivity index (χ4v) is 3.12. The minimum Gasteiger partial charge on any atom is -0.478 e. The molecule has 0 radical (unpaired) electrons. The van der Waals surface area contributed by atoms with Crippen LogP contribution in [0.2, 0.25) is 0 Å². The first-order valence-electron chi connectivity index (χ1n) is 6.29. The molecule has 2 rings (SSSR count). The van der Waals surface area contributed by atoms with E-state index in [4.69, 9.17) is 4.74 Å². The number of amides is 1. The lowest BCUT2D eigenvalue weighted by atomic mass is 10.2. The molecule has 6 nitrogen and oxygen atoms in total. The number of carbonyl (C=O) groups excluding carboxylic acids is 1. The highest BCUT2D eigenvalue weighted by Gasteiger charge is 2.30. The summed E-state index contributed by atoms with van der Waals surface area (Å²) in [6.07, 6.45) is 0.771. The van der Waals surface area contributed by atoms with E-state index >= 15 is 0 Å². The lowest BCUT2D eigenvalue weighted by Gasteiger charge is -2.21. The van der Waals surface area contributed by atoms with Gasteiger partial charge in [-0.3, -0.25) is 9.10 Å². The van der Waals surface area contributed by atoms with Gasteiger partial charge in [0, 0.05) is 20.0 Å². The van der Waals surface area contributed by atoms with Crippen LogP contribution in [-0.4, -0.2) is 40.3 Å². The lowest BCUT2D eigenvalue weighted by Crippen LogP contribution is -2.38. The van der Waals surface area contributed by atoms with Gasteiger partial charge in [-0.15, -0.1) is 0 Å². The molecule has 0 unspecified atom stereocenters. The molecule has 1 aliphatic heterocycles. The molecular formula is C13H18N2O4S. The van der Waals surface area contributed by atoms with Crippen molar-refractivity contribution in [2.75, 3.05) is 24.2 Å². The van der Waals surface area contributed by atoms with Crippen LogP contribution in [-0.2, 0) is 14.8 Å². The summed E-state index contributed by atoms with van der Waals surface area (Å²) >= 11 is 0. The van der Waals surface area contributed by atoms with Crippen molar-refractivity contribution in [3.05, 3.63) is 23.8 Å². The van der Waals surface area contributed by atoms with Gasteiger partial charge in [0.1, 0.15) is 5.75 Å². The summed E-state index contributed by atoms with van der Waals surface area (Å²) in [6, 6.07) is 5.28. The predicted octanol–water partition coefficient (Wildman–Crippen LogP) is 0.658. The molecule has 0 fully saturated rings. The molecule has 1 atom stereocenters. The molecule has 7 heteroatoms. The summed E-state index contributed by atoms with van der Waals surface area (Å²) < 4.78 is 30.8. The van der Waals surface area contributed by atoms with Crippen LogP contribution in [0.25, 0.3) is 0 Å². The maximum atomic E-state index is 11.9. The zero-order chi connectivity index (χ0) is 14.9. The van der Waals surface area contributed by atoms with Gasteiger partial charge in [-0.2, -0.15) is 0 Å². The van der Waals surface area contributed by atoms with E-state index < -0.39 is 16.1 Å². The number of carbonyl (C=O) groups is 1. The Bertz CT molecular complexity index is 627. The minimum atomic E-state index is -3.41. The van der Waals surface area contributed by atoms with Gasteiger partial charge in [0.25, 0.3) is 5.91 Å². The standard InChI is InChI=1S/C13H18N2O4S/c1-9-4-5-11-10(8-9)15(20(3,17)18)7-6-12(19-11)13(16)14-2/h4-5,8,12H,6-7H2,1-3H3,(H,14,16)/t12-/m1/s1. The molecule has 0 spiro atoms. The van der Waals surface area contributed by atoms with Gasteiger partial charge in [0.05, 0.1) is 11.9 Å². The van der Waals surface area contributed by atoms with E-state index in [9.17, 15) is 13.2 Å². The zero-order valence-corrected chi connectivity index (χ0v) is 12.5. The van der Waals surface area contributed by atoms with Gasteiger partial charge in [-0.1, -0.05) is 6.07 Å². The van der Waals surface area contributed by atoms with E-state index in [1.54, 1.807) is 12.1 Å². The monoisotopic (exact) mass is 298 g/mol. The number of sulfonamides is 1. The largest absolute Gasteiger partial charge is 0.478 e. The first-order valence-corrected chi connectivity index (χ1v) is 8.14. The van der Waals surface area contributed by atoms with Gasteiger partial charge in [-0.25, -0.2) is 8.42 Å². The average molecular weight is 298 g/mol. The molecule has 20 heavy (non-hydrogen) atoms. The van der Waals surface area contributed by atoms with Gasteiger partial charge in [0.15, 0.2) is 6.10 Å². The smallest absolute Gasteiger partial charge is 0.260 e. The van der Waals surface area contributed by atoms with Crippen molar-refractivity contribution in [1.29, 1.82) is 0 Å². The highest BCUT2D eigenvalue weighted by Crippen LogP contribution is 2.34. The molecule has 1 aromatic carbocycles. The molecule has 1 aromatic rings. The first kappa shape index (κ1) is 14.6. The number of rotatable bonds is 2. The Kier molecular flexibility index (Phi) is 3.89. The maximum absolute atomic E-state index is 11.9. The number of anilines is 1. The fourth-order valence-electron chi connectivity index (χ4n) is 2.18. The number of nitrogens with one attached hydrogen (secondary N) is 1. The second kappa shape index (κ2) is 5.32. The Balaban J connectivity index is 2.48. The van der Waals surface area contributed by atoms with Crippen LogP contribution in [0.1, 0.15) is 12.0 Å². The van der Waals surface area contributed by atoms with Crippen LogP contribution in [0, 0.1) is 6.92 Å². The topological polar surface area (TPSA) is 75.7 Å². The number of fused-ring (bicyclic) bond motifs is 1. The van der Waals surface area contributed by atoms with Crippen molar-refractivity contribution in [2.45, 2.75) is 19.4 Å². The minimum absolute atomic E-state index is 0.216. The molecule has 0 saturated carbocycles. The summed E-state index contributed by atoms with van der Waals surface area (Å²) in [5.41, 5.74) is 1.42. The molecule has 1 amide bonds. The number of aryl methyl sites for hydroxylation is 1. The number of ether oxygens (including phenoxy) is 1. The third-order valence-corrected chi connectivity index (χ3v) is 4.37. The maximum Gasteiger partial charge on any atom is 0.260 e. The Morgan fingerprint density at radius 1 is 1.45 bits per heavy atom. The van der Waals surface area contributed by atoms with E-state index in [0.29, 0.717) is 17.9 Å². The number of benzene rings is 1. The SMILES string of the molecule is CNC(=O)[C@H]1CCN(S(C)(=O)=O)c2cc(C)ccc2O1. The van der Waals surface area contributed by atoms with E-state index in [1.165, 1.54) is 11.4 Å².